The quantitative estimate of drug-likeness (QED) is 0.609. The van der Waals surface area contributed by atoms with Gasteiger partial charge in [0.1, 0.15) is 0 Å². The van der Waals surface area contributed by atoms with Crippen molar-refractivity contribution in [2.45, 2.75) is 43.4 Å². The Kier molecular flexibility index (Phi) is 7.94. The van der Waals surface area contributed by atoms with E-state index in [0.717, 1.165) is 5.56 Å². The average Bonchev–Trinajstić information content (AvgIpc) is 2.80. The highest BCUT2D eigenvalue weighted by molar-refractivity contribution is 7.89. The number of carbonyl (C=O) groups is 1. The number of benzene rings is 2. The summed E-state index contributed by atoms with van der Waals surface area (Å²) >= 11 is 0. The van der Waals surface area contributed by atoms with E-state index in [1.165, 1.54) is 20.7 Å². The zero-order valence-electron chi connectivity index (χ0n) is 19.2. The molecule has 1 saturated heterocycles. The van der Waals surface area contributed by atoms with Crippen molar-refractivity contribution >= 4 is 31.6 Å². The third-order valence-electron chi connectivity index (χ3n) is 5.88. The number of anilines is 1. The second-order valence-corrected chi connectivity index (χ2v) is 12.0. The first-order chi connectivity index (χ1) is 15.6. The minimum Gasteiger partial charge on any atom is -0.326 e. The van der Waals surface area contributed by atoms with E-state index in [1.807, 2.05) is 6.92 Å². The number of nitrogens with one attached hydrogen (secondary N) is 1. The summed E-state index contributed by atoms with van der Waals surface area (Å²) in [7, 11) is -7.24. The highest BCUT2D eigenvalue weighted by Crippen LogP contribution is 2.25. The fraction of sp³-hybridized carbons (Fsp3) is 0.435. The van der Waals surface area contributed by atoms with Crippen molar-refractivity contribution in [3.63, 3.8) is 0 Å². The topological polar surface area (TPSA) is 104 Å². The Morgan fingerprint density at radius 3 is 2.12 bits per heavy atom. The molecule has 0 bridgehead atoms. The lowest BCUT2D eigenvalue weighted by atomic mass is 9.99. The normalized spacial score (nSPS) is 17.8. The van der Waals surface area contributed by atoms with Crippen molar-refractivity contribution < 1.29 is 21.6 Å². The van der Waals surface area contributed by atoms with E-state index < -0.39 is 26.0 Å². The molecule has 1 fully saturated rings. The lowest BCUT2D eigenvalue weighted by molar-refractivity contribution is -0.120. The Morgan fingerprint density at radius 1 is 0.970 bits per heavy atom. The van der Waals surface area contributed by atoms with Crippen molar-refractivity contribution in [1.82, 2.24) is 8.61 Å². The van der Waals surface area contributed by atoms with E-state index in [1.54, 1.807) is 50.2 Å². The zero-order chi connectivity index (χ0) is 24.2. The van der Waals surface area contributed by atoms with Gasteiger partial charge in [-0.25, -0.2) is 16.8 Å². The van der Waals surface area contributed by atoms with E-state index in [-0.39, 0.29) is 22.2 Å². The molecule has 2 aromatic rings. The van der Waals surface area contributed by atoms with Gasteiger partial charge in [0.15, 0.2) is 0 Å². The molecule has 8 nitrogen and oxygen atoms in total. The summed E-state index contributed by atoms with van der Waals surface area (Å²) in [4.78, 5) is 13.2. The SMILES string of the molecule is CCN(CC)S(=O)(=O)c1ccc(NC(=O)C2CCCN(S(=O)(=O)c3ccc(C)cc3)C2)cc1. The molecule has 0 aromatic heterocycles. The van der Waals surface area contributed by atoms with E-state index in [0.29, 0.717) is 38.2 Å². The highest BCUT2D eigenvalue weighted by atomic mass is 32.2. The van der Waals surface area contributed by atoms with Crippen LogP contribution in [0.15, 0.2) is 58.3 Å². The maximum absolute atomic E-state index is 13.0. The lowest BCUT2D eigenvalue weighted by Crippen LogP contribution is -2.43. The van der Waals surface area contributed by atoms with Crippen LogP contribution in [0.1, 0.15) is 32.3 Å². The summed E-state index contributed by atoms with van der Waals surface area (Å²) in [6.45, 7) is 6.68. The zero-order valence-corrected chi connectivity index (χ0v) is 20.8. The monoisotopic (exact) mass is 493 g/mol. The van der Waals surface area contributed by atoms with Crippen LogP contribution >= 0.6 is 0 Å². The van der Waals surface area contributed by atoms with Crippen LogP contribution in [-0.4, -0.2) is 57.5 Å². The number of amides is 1. The molecule has 1 amide bonds. The van der Waals surface area contributed by atoms with Gasteiger partial charge in [0.05, 0.1) is 15.7 Å². The first-order valence-electron chi connectivity index (χ1n) is 11.1. The molecule has 1 heterocycles. The molecular formula is C23H31N3O5S2. The number of aryl methyl sites for hydroxylation is 1. The number of piperidine rings is 1. The average molecular weight is 494 g/mol. The molecule has 1 atom stereocenters. The number of rotatable bonds is 8. The summed E-state index contributed by atoms with van der Waals surface area (Å²) in [6, 6.07) is 12.7. The van der Waals surface area contributed by atoms with Crippen LogP contribution < -0.4 is 5.32 Å². The molecule has 0 spiro atoms. The maximum Gasteiger partial charge on any atom is 0.243 e. The van der Waals surface area contributed by atoms with Gasteiger partial charge in [-0.15, -0.1) is 0 Å². The minimum atomic E-state index is -3.67. The second-order valence-electron chi connectivity index (χ2n) is 8.12. The maximum atomic E-state index is 13.0. The molecule has 1 aliphatic rings. The molecule has 2 aromatic carbocycles. The fourth-order valence-corrected chi connectivity index (χ4v) is 6.88. The summed E-state index contributed by atoms with van der Waals surface area (Å²) in [6.07, 6.45) is 1.17. The first kappa shape index (κ1) is 25.4. The van der Waals surface area contributed by atoms with E-state index >= 15 is 0 Å². The molecule has 0 aliphatic carbocycles. The summed E-state index contributed by atoms with van der Waals surface area (Å²) < 4.78 is 54.0. The van der Waals surface area contributed by atoms with Gasteiger partial charge in [-0.05, 0) is 56.2 Å². The van der Waals surface area contributed by atoms with Gasteiger partial charge in [0, 0.05) is 31.9 Å². The first-order valence-corrected chi connectivity index (χ1v) is 14.0. The van der Waals surface area contributed by atoms with Crippen LogP contribution in [0.5, 0.6) is 0 Å². The fourth-order valence-electron chi connectivity index (χ4n) is 3.90. The largest absolute Gasteiger partial charge is 0.326 e. The van der Waals surface area contributed by atoms with E-state index in [9.17, 15) is 21.6 Å². The van der Waals surface area contributed by atoms with Crippen molar-refractivity contribution in [2.75, 3.05) is 31.5 Å². The molecule has 10 heteroatoms. The molecule has 0 saturated carbocycles. The Morgan fingerprint density at radius 2 is 1.55 bits per heavy atom. The third-order valence-corrected chi connectivity index (χ3v) is 9.82. The van der Waals surface area contributed by atoms with Gasteiger partial charge in [0.2, 0.25) is 26.0 Å². The Labute approximate surface area is 196 Å². The van der Waals surface area contributed by atoms with Crippen LogP contribution in [0.3, 0.4) is 0 Å². The predicted octanol–water partition coefficient (Wildman–Crippen LogP) is 3.06. The highest BCUT2D eigenvalue weighted by Gasteiger charge is 2.33. The smallest absolute Gasteiger partial charge is 0.243 e. The Hall–Kier alpha value is -2.27. The summed E-state index contributed by atoms with van der Waals surface area (Å²) in [5.41, 5.74) is 1.44. The van der Waals surface area contributed by atoms with E-state index in [4.69, 9.17) is 0 Å². The Balaban J connectivity index is 1.68. The lowest BCUT2D eigenvalue weighted by Gasteiger charge is -2.31. The van der Waals surface area contributed by atoms with Crippen LogP contribution in [0, 0.1) is 12.8 Å². The second kappa shape index (κ2) is 10.3. The molecule has 180 valence electrons. The van der Waals surface area contributed by atoms with Crippen molar-refractivity contribution in [3.8, 4) is 0 Å². The van der Waals surface area contributed by atoms with Gasteiger partial charge >= 0.3 is 0 Å². The molecule has 33 heavy (non-hydrogen) atoms. The summed E-state index contributed by atoms with van der Waals surface area (Å²) in [5, 5.41) is 2.80. The van der Waals surface area contributed by atoms with Crippen molar-refractivity contribution in [3.05, 3.63) is 54.1 Å². The number of hydrogen-bond donors (Lipinski definition) is 1. The minimum absolute atomic E-state index is 0.108. The van der Waals surface area contributed by atoms with Crippen LogP contribution in [-0.2, 0) is 24.8 Å². The molecular weight excluding hydrogens is 462 g/mol. The van der Waals surface area contributed by atoms with Crippen molar-refractivity contribution in [2.24, 2.45) is 5.92 Å². The number of sulfonamides is 2. The van der Waals surface area contributed by atoms with Crippen molar-refractivity contribution in [1.29, 1.82) is 0 Å². The number of nitrogens with zero attached hydrogens (tertiary/aromatic N) is 2. The Bertz CT molecular complexity index is 1170. The van der Waals surface area contributed by atoms with Gasteiger partial charge in [-0.1, -0.05) is 31.5 Å². The molecule has 3 rings (SSSR count). The molecule has 1 N–H and O–H groups in total. The number of carbonyl (C=O) groups excluding carboxylic acids is 1. The molecule has 1 unspecified atom stereocenters. The van der Waals surface area contributed by atoms with E-state index in [2.05, 4.69) is 5.32 Å². The standard InChI is InChI=1S/C23H31N3O5S2/c1-4-25(5-2)32(28,29)22-14-10-20(11-15-22)24-23(27)19-7-6-16-26(17-19)33(30,31)21-12-8-18(3)9-13-21/h8-15,19H,4-7,16-17H2,1-3H3,(H,24,27). The van der Waals surface area contributed by atoms with Gasteiger partial charge in [0.25, 0.3) is 0 Å². The predicted molar refractivity (Wildman–Crippen MR) is 128 cm³/mol. The van der Waals surface area contributed by atoms with Crippen LogP contribution in [0.25, 0.3) is 0 Å². The van der Waals surface area contributed by atoms with Gasteiger partial charge in [-0.3, -0.25) is 4.79 Å². The number of hydrogen-bond acceptors (Lipinski definition) is 5. The molecule has 0 radical (unpaired) electrons. The van der Waals surface area contributed by atoms with Gasteiger partial charge in [-0.2, -0.15) is 8.61 Å². The summed E-state index contributed by atoms with van der Waals surface area (Å²) in [5.74, 6) is -0.767. The van der Waals surface area contributed by atoms with Crippen LogP contribution in [0.4, 0.5) is 5.69 Å². The van der Waals surface area contributed by atoms with Gasteiger partial charge < -0.3 is 5.32 Å². The van der Waals surface area contributed by atoms with Crippen LogP contribution in [0.2, 0.25) is 0 Å². The molecule has 1 aliphatic heterocycles. The third kappa shape index (κ3) is 5.63.